The molecular formula is C14H18N2O4. The average molecular weight is 278 g/mol. The van der Waals surface area contributed by atoms with Crippen molar-refractivity contribution in [2.45, 2.75) is 18.6 Å². The number of morpholine rings is 1. The van der Waals surface area contributed by atoms with Crippen LogP contribution in [0, 0.1) is 0 Å². The van der Waals surface area contributed by atoms with Crippen LogP contribution in [0.15, 0.2) is 30.3 Å². The quantitative estimate of drug-likeness (QED) is 0.800. The minimum absolute atomic E-state index is 0.0522. The summed E-state index contributed by atoms with van der Waals surface area (Å²) in [4.78, 5) is 24.6. The SMILES string of the molecule is N[C@@H](Cc1ccccc1)C(=O)N1CCOC(C(=O)O)C1. The highest BCUT2D eigenvalue weighted by atomic mass is 16.5. The lowest BCUT2D eigenvalue weighted by molar-refractivity contribution is -0.159. The lowest BCUT2D eigenvalue weighted by atomic mass is 10.1. The van der Waals surface area contributed by atoms with Crippen LogP contribution >= 0.6 is 0 Å². The second-order valence-corrected chi connectivity index (χ2v) is 4.78. The molecule has 2 atom stereocenters. The van der Waals surface area contributed by atoms with E-state index in [0.717, 1.165) is 5.56 Å². The number of nitrogens with zero attached hydrogens (tertiary/aromatic N) is 1. The molecule has 108 valence electrons. The number of carboxylic acid groups (broad SMARTS) is 1. The Hall–Kier alpha value is -1.92. The summed E-state index contributed by atoms with van der Waals surface area (Å²) in [7, 11) is 0. The molecule has 1 saturated heterocycles. The van der Waals surface area contributed by atoms with Gasteiger partial charge in [-0.3, -0.25) is 4.79 Å². The number of carbonyl (C=O) groups excluding carboxylic acids is 1. The largest absolute Gasteiger partial charge is 0.479 e. The van der Waals surface area contributed by atoms with Gasteiger partial charge in [0.25, 0.3) is 0 Å². The first-order valence-corrected chi connectivity index (χ1v) is 6.50. The maximum atomic E-state index is 12.2. The van der Waals surface area contributed by atoms with Crippen molar-refractivity contribution in [3.8, 4) is 0 Å². The van der Waals surface area contributed by atoms with Gasteiger partial charge in [0, 0.05) is 6.54 Å². The van der Waals surface area contributed by atoms with Gasteiger partial charge < -0.3 is 20.5 Å². The van der Waals surface area contributed by atoms with Gasteiger partial charge in [-0.05, 0) is 12.0 Å². The summed E-state index contributed by atoms with van der Waals surface area (Å²) in [6.45, 7) is 0.655. The molecule has 3 N–H and O–H groups in total. The number of rotatable bonds is 4. The van der Waals surface area contributed by atoms with Crippen LogP contribution in [0.2, 0.25) is 0 Å². The van der Waals surface area contributed by atoms with E-state index in [1.54, 1.807) is 0 Å². The van der Waals surface area contributed by atoms with Gasteiger partial charge in [0.05, 0.1) is 19.2 Å². The molecule has 0 saturated carbocycles. The van der Waals surface area contributed by atoms with Crippen LogP contribution in [0.1, 0.15) is 5.56 Å². The van der Waals surface area contributed by atoms with Gasteiger partial charge in [0.15, 0.2) is 6.10 Å². The zero-order valence-corrected chi connectivity index (χ0v) is 11.1. The van der Waals surface area contributed by atoms with Gasteiger partial charge in [0.2, 0.25) is 5.91 Å². The van der Waals surface area contributed by atoms with Crippen LogP contribution in [0.3, 0.4) is 0 Å². The summed E-state index contributed by atoms with van der Waals surface area (Å²) >= 11 is 0. The van der Waals surface area contributed by atoms with Crippen molar-refractivity contribution in [2.75, 3.05) is 19.7 Å². The van der Waals surface area contributed by atoms with E-state index in [2.05, 4.69) is 0 Å². The zero-order chi connectivity index (χ0) is 14.5. The van der Waals surface area contributed by atoms with Gasteiger partial charge in [-0.15, -0.1) is 0 Å². The summed E-state index contributed by atoms with van der Waals surface area (Å²) in [6.07, 6.45) is -0.522. The van der Waals surface area contributed by atoms with Crippen LogP contribution in [-0.4, -0.2) is 53.7 Å². The Kier molecular flexibility index (Phi) is 4.70. The topological polar surface area (TPSA) is 92.9 Å². The molecule has 1 heterocycles. The molecule has 0 aliphatic carbocycles. The van der Waals surface area contributed by atoms with E-state index >= 15 is 0 Å². The third-order valence-electron chi connectivity index (χ3n) is 3.27. The summed E-state index contributed by atoms with van der Waals surface area (Å²) in [5.41, 5.74) is 6.90. The molecule has 1 aromatic carbocycles. The number of ether oxygens (including phenoxy) is 1. The zero-order valence-electron chi connectivity index (χ0n) is 11.1. The van der Waals surface area contributed by atoms with E-state index in [1.165, 1.54) is 4.90 Å². The highest BCUT2D eigenvalue weighted by Crippen LogP contribution is 2.09. The molecule has 6 nitrogen and oxygen atoms in total. The molecule has 1 unspecified atom stereocenters. The predicted molar refractivity (Wildman–Crippen MR) is 72.1 cm³/mol. The van der Waals surface area contributed by atoms with Crippen LogP contribution in [0.25, 0.3) is 0 Å². The Bertz CT molecular complexity index is 477. The molecule has 1 fully saturated rings. The van der Waals surface area contributed by atoms with E-state index in [9.17, 15) is 9.59 Å². The minimum Gasteiger partial charge on any atom is -0.479 e. The first-order chi connectivity index (χ1) is 9.58. The van der Waals surface area contributed by atoms with Crippen LogP contribution in [-0.2, 0) is 20.7 Å². The first kappa shape index (κ1) is 14.5. The van der Waals surface area contributed by atoms with Crippen LogP contribution in [0.4, 0.5) is 0 Å². The lowest BCUT2D eigenvalue weighted by Crippen LogP contribution is -2.53. The van der Waals surface area contributed by atoms with Gasteiger partial charge >= 0.3 is 5.97 Å². The van der Waals surface area contributed by atoms with Crippen molar-refractivity contribution >= 4 is 11.9 Å². The second-order valence-electron chi connectivity index (χ2n) is 4.78. The molecular weight excluding hydrogens is 260 g/mol. The maximum absolute atomic E-state index is 12.2. The van der Waals surface area contributed by atoms with Gasteiger partial charge in [0.1, 0.15) is 0 Å². The smallest absolute Gasteiger partial charge is 0.334 e. The first-order valence-electron chi connectivity index (χ1n) is 6.50. The third-order valence-corrected chi connectivity index (χ3v) is 3.27. The molecule has 1 amide bonds. The fourth-order valence-electron chi connectivity index (χ4n) is 2.19. The van der Waals surface area contributed by atoms with Crippen LogP contribution in [0.5, 0.6) is 0 Å². The van der Waals surface area contributed by atoms with Crippen molar-refractivity contribution in [3.63, 3.8) is 0 Å². The molecule has 1 aromatic rings. The Balaban J connectivity index is 1.94. The number of nitrogens with two attached hydrogens (primary N) is 1. The number of carboxylic acids is 1. The van der Waals surface area contributed by atoms with Crippen molar-refractivity contribution in [1.29, 1.82) is 0 Å². The average Bonchev–Trinajstić information content (AvgIpc) is 2.47. The number of benzene rings is 1. The third kappa shape index (κ3) is 3.55. The highest BCUT2D eigenvalue weighted by molar-refractivity contribution is 5.83. The van der Waals surface area contributed by atoms with E-state index in [1.807, 2.05) is 30.3 Å². The fourth-order valence-corrected chi connectivity index (χ4v) is 2.19. The van der Waals surface area contributed by atoms with Crippen molar-refractivity contribution in [3.05, 3.63) is 35.9 Å². The lowest BCUT2D eigenvalue weighted by Gasteiger charge is -2.32. The van der Waals surface area contributed by atoms with Gasteiger partial charge in [-0.25, -0.2) is 4.79 Å². The van der Waals surface area contributed by atoms with Crippen molar-refractivity contribution in [2.24, 2.45) is 5.73 Å². The Morgan fingerprint density at radius 2 is 2.10 bits per heavy atom. The van der Waals surface area contributed by atoms with E-state index in [0.29, 0.717) is 13.0 Å². The molecule has 20 heavy (non-hydrogen) atoms. The summed E-state index contributed by atoms with van der Waals surface area (Å²) in [6, 6.07) is 8.84. The predicted octanol–water partition coefficient (Wildman–Crippen LogP) is -0.132. The van der Waals surface area contributed by atoms with Gasteiger partial charge in [-0.2, -0.15) is 0 Å². The molecule has 0 aromatic heterocycles. The van der Waals surface area contributed by atoms with Crippen molar-refractivity contribution < 1.29 is 19.4 Å². The number of aliphatic carboxylic acids is 1. The van der Waals surface area contributed by atoms with Crippen molar-refractivity contribution in [1.82, 2.24) is 4.90 Å². The normalized spacial score (nSPS) is 20.4. The molecule has 1 aliphatic rings. The molecule has 6 heteroatoms. The molecule has 0 bridgehead atoms. The Morgan fingerprint density at radius 3 is 2.75 bits per heavy atom. The Morgan fingerprint density at radius 1 is 1.40 bits per heavy atom. The fraction of sp³-hybridized carbons (Fsp3) is 0.429. The van der Waals surface area contributed by atoms with Crippen LogP contribution < -0.4 is 5.73 Å². The second kappa shape index (κ2) is 6.49. The van der Waals surface area contributed by atoms with E-state index in [-0.39, 0.29) is 19.1 Å². The number of hydrogen-bond acceptors (Lipinski definition) is 4. The number of hydrogen-bond donors (Lipinski definition) is 2. The van der Waals surface area contributed by atoms with E-state index < -0.39 is 18.1 Å². The summed E-state index contributed by atoms with van der Waals surface area (Å²) in [5, 5.41) is 8.92. The monoisotopic (exact) mass is 278 g/mol. The standard InChI is InChI=1S/C14H18N2O4/c15-11(8-10-4-2-1-3-5-10)13(17)16-6-7-20-12(9-16)14(18)19/h1-5,11-12H,6-9,15H2,(H,18,19)/t11-,12?/m0/s1. The highest BCUT2D eigenvalue weighted by Gasteiger charge is 2.31. The molecule has 2 rings (SSSR count). The maximum Gasteiger partial charge on any atom is 0.334 e. The minimum atomic E-state index is -1.06. The summed E-state index contributed by atoms with van der Waals surface area (Å²) < 4.78 is 5.08. The molecule has 0 radical (unpaired) electrons. The number of amides is 1. The molecule has 1 aliphatic heterocycles. The number of carbonyl (C=O) groups is 2. The van der Waals surface area contributed by atoms with E-state index in [4.69, 9.17) is 15.6 Å². The Labute approximate surface area is 117 Å². The summed E-state index contributed by atoms with van der Waals surface area (Å²) in [5.74, 6) is -1.29. The van der Waals surface area contributed by atoms with Gasteiger partial charge in [-0.1, -0.05) is 30.3 Å². The molecule has 0 spiro atoms.